The fraction of sp³-hybridized carbons (Fsp3) is 0.136. The maximum Gasteiger partial charge on any atom is 0.336 e. The molecule has 0 bridgehead atoms. The average molecular weight is 422 g/mol. The minimum atomic E-state index is -1.10. The van der Waals surface area contributed by atoms with E-state index in [0.717, 1.165) is 0 Å². The molecular weight excluding hydrogens is 404 g/mol. The molecule has 4 N–H and O–H groups in total. The maximum atomic E-state index is 12.1. The van der Waals surface area contributed by atoms with Gasteiger partial charge in [0.2, 0.25) is 0 Å². The van der Waals surface area contributed by atoms with Crippen molar-refractivity contribution in [3.05, 3.63) is 82.9 Å². The molecule has 0 spiro atoms. The summed E-state index contributed by atoms with van der Waals surface area (Å²) in [7, 11) is 1.67. The Morgan fingerprint density at radius 2 is 2.03 bits per heavy atom. The molecule has 30 heavy (non-hydrogen) atoms. The van der Waals surface area contributed by atoms with Crippen molar-refractivity contribution in [2.24, 2.45) is 5.92 Å². The molecular formula is C22H18N2O5S. The molecule has 0 aromatic heterocycles. The second-order valence-corrected chi connectivity index (χ2v) is 7.31. The van der Waals surface area contributed by atoms with Crippen LogP contribution in [-0.4, -0.2) is 40.2 Å². The topological polar surface area (TPSA) is 108 Å². The predicted molar refractivity (Wildman–Crippen MR) is 116 cm³/mol. The summed E-state index contributed by atoms with van der Waals surface area (Å²) in [6, 6.07) is 4.97. The first-order chi connectivity index (χ1) is 14.4. The van der Waals surface area contributed by atoms with E-state index >= 15 is 0 Å². The lowest BCUT2D eigenvalue weighted by atomic mass is 9.77. The Hall–Kier alpha value is -3.65. The average Bonchev–Trinajstić information content (AvgIpc) is 2.71. The monoisotopic (exact) mass is 422 g/mol. The minimum absolute atomic E-state index is 0.0518. The van der Waals surface area contributed by atoms with Crippen LogP contribution in [0.1, 0.15) is 15.9 Å². The van der Waals surface area contributed by atoms with E-state index in [9.17, 15) is 19.8 Å². The molecule has 2 atom stereocenters. The molecule has 4 rings (SSSR count). The summed E-state index contributed by atoms with van der Waals surface area (Å²) in [5.41, 5.74) is 2.47. The number of carbonyl (C=O) groups is 2. The second kappa shape index (κ2) is 7.64. The third-order valence-electron chi connectivity index (χ3n) is 5.03. The Kier molecular flexibility index (Phi) is 5.01. The number of allylic oxidation sites excluding steroid dienone is 4. The highest BCUT2D eigenvalue weighted by Crippen LogP contribution is 2.45. The summed E-state index contributed by atoms with van der Waals surface area (Å²) >= 11 is 5.10. The lowest BCUT2D eigenvalue weighted by Gasteiger charge is -2.36. The van der Waals surface area contributed by atoms with Crippen LogP contribution in [0.15, 0.2) is 71.7 Å². The van der Waals surface area contributed by atoms with Crippen molar-refractivity contribution in [3.63, 3.8) is 0 Å². The number of aliphatic hydroxyl groups is 1. The zero-order valence-electron chi connectivity index (χ0n) is 15.9. The first-order valence-corrected chi connectivity index (χ1v) is 9.58. The highest BCUT2D eigenvalue weighted by Gasteiger charge is 2.37. The molecule has 8 heteroatoms. The number of benzene rings is 1. The molecule has 152 valence electrons. The van der Waals surface area contributed by atoms with Gasteiger partial charge in [-0.25, -0.2) is 4.79 Å². The van der Waals surface area contributed by atoms with Crippen molar-refractivity contribution in [2.75, 3.05) is 12.4 Å². The first-order valence-electron chi connectivity index (χ1n) is 9.17. The molecule has 2 unspecified atom stereocenters. The quantitative estimate of drug-likeness (QED) is 0.551. The molecule has 1 aliphatic heterocycles. The number of nitrogens with one attached hydrogen (secondary N) is 2. The number of fused-ring (bicyclic) bond motifs is 2. The van der Waals surface area contributed by atoms with E-state index in [0.29, 0.717) is 33.3 Å². The normalized spacial score (nSPS) is 21.7. The van der Waals surface area contributed by atoms with E-state index in [1.807, 2.05) is 0 Å². The fourth-order valence-electron chi connectivity index (χ4n) is 3.71. The number of carbonyl (C=O) groups excluding carboxylic acids is 1. The summed E-state index contributed by atoms with van der Waals surface area (Å²) in [6.07, 6.45) is 8.75. The van der Waals surface area contributed by atoms with Crippen LogP contribution in [0.5, 0.6) is 0 Å². The van der Waals surface area contributed by atoms with Crippen molar-refractivity contribution < 1.29 is 24.5 Å². The Balaban J connectivity index is 1.90. The van der Waals surface area contributed by atoms with Gasteiger partial charge in [0.05, 0.1) is 5.56 Å². The van der Waals surface area contributed by atoms with Crippen molar-refractivity contribution in [3.8, 4) is 0 Å². The molecule has 1 aromatic rings. The van der Waals surface area contributed by atoms with Gasteiger partial charge in [-0.05, 0) is 59.8 Å². The van der Waals surface area contributed by atoms with Gasteiger partial charge in [0, 0.05) is 30.3 Å². The van der Waals surface area contributed by atoms with Gasteiger partial charge in [-0.2, -0.15) is 0 Å². The summed E-state index contributed by atoms with van der Waals surface area (Å²) in [5.74, 6) is -1.24. The number of aromatic carboxylic acids is 1. The molecule has 3 aliphatic rings. The molecule has 2 aliphatic carbocycles. The number of aliphatic hydroxyl groups excluding tert-OH is 1. The molecule has 0 fully saturated rings. The zero-order chi connectivity index (χ0) is 21.4. The van der Waals surface area contributed by atoms with Crippen LogP contribution in [0, 0.1) is 5.92 Å². The third kappa shape index (κ3) is 3.53. The van der Waals surface area contributed by atoms with E-state index in [4.69, 9.17) is 17.0 Å². The van der Waals surface area contributed by atoms with E-state index < -0.39 is 12.1 Å². The number of anilines is 1. The lowest BCUT2D eigenvalue weighted by Crippen LogP contribution is -2.31. The Labute approximate surface area is 177 Å². The number of carboxylic acid groups (broad SMARTS) is 1. The lowest BCUT2D eigenvalue weighted by molar-refractivity contribution is -0.110. The number of ketones is 1. The molecule has 1 heterocycles. The number of hydrogen-bond donors (Lipinski definition) is 4. The highest BCUT2D eigenvalue weighted by atomic mass is 32.1. The van der Waals surface area contributed by atoms with Crippen LogP contribution in [-0.2, 0) is 9.53 Å². The molecule has 0 amide bonds. The van der Waals surface area contributed by atoms with Gasteiger partial charge in [0.25, 0.3) is 0 Å². The third-order valence-corrected chi connectivity index (χ3v) is 5.33. The number of rotatable bonds is 3. The van der Waals surface area contributed by atoms with Gasteiger partial charge in [-0.1, -0.05) is 12.1 Å². The summed E-state index contributed by atoms with van der Waals surface area (Å²) in [5, 5.41) is 25.9. The fourth-order valence-corrected chi connectivity index (χ4v) is 3.83. The maximum absolute atomic E-state index is 12.1. The summed E-state index contributed by atoms with van der Waals surface area (Å²) in [4.78, 5) is 24.0. The Morgan fingerprint density at radius 3 is 2.77 bits per heavy atom. The molecule has 1 aromatic carbocycles. The van der Waals surface area contributed by atoms with E-state index in [1.54, 1.807) is 43.5 Å². The predicted octanol–water partition coefficient (Wildman–Crippen LogP) is 3.10. The van der Waals surface area contributed by atoms with Gasteiger partial charge in [0.1, 0.15) is 17.6 Å². The Morgan fingerprint density at radius 1 is 1.23 bits per heavy atom. The Bertz CT molecular complexity index is 1130. The summed E-state index contributed by atoms with van der Waals surface area (Å²) in [6.45, 7) is 0. The van der Waals surface area contributed by atoms with Crippen LogP contribution in [0.25, 0.3) is 5.57 Å². The smallest absolute Gasteiger partial charge is 0.336 e. The highest BCUT2D eigenvalue weighted by molar-refractivity contribution is 7.80. The number of ether oxygens (including phenoxy) is 1. The SMILES string of the molecule is CNC(=S)Nc1ccc(C2=C3C=CC(=O)C=C3OC3C=C(O)C=CC23)c(C(=O)O)c1. The number of hydrogen-bond acceptors (Lipinski definition) is 5. The first kappa shape index (κ1) is 19.7. The van der Waals surface area contributed by atoms with E-state index in [2.05, 4.69) is 10.6 Å². The van der Waals surface area contributed by atoms with Crippen LogP contribution in [0.2, 0.25) is 0 Å². The van der Waals surface area contributed by atoms with E-state index in [1.165, 1.54) is 18.2 Å². The van der Waals surface area contributed by atoms with Crippen molar-refractivity contribution >= 4 is 40.3 Å². The summed E-state index contributed by atoms with van der Waals surface area (Å²) < 4.78 is 5.94. The molecule has 0 radical (unpaired) electrons. The number of thiocarbonyl (C=S) groups is 1. The van der Waals surface area contributed by atoms with Crippen LogP contribution in [0.3, 0.4) is 0 Å². The van der Waals surface area contributed by atoms with Crippen LogP contribution >= 0.6 is 12.2 Å². The van der Waals surface area contributed by atoms with Crippen LogP contribution in [0.4, 0.5) is 5.69 Å². The van der Waals surface area contributed by atoms with Gasteiger partial charge in [-0.3, -0.25) is 4.79 Å². The molecule has 0 saturated carbocycles. The molecule has 7 nitrogen and oxygen atoms in total. The van der Waals surface area contributed by atoms with E-state index in [-0.39, 0.29) is 23.0 Å². The van der Waals surface area contributed by atoms with Crippen molar-refractivity contribution in [1.29, 1.82) is 0 Å². The van der Waals surface area contributed by atoms with Crippen LogP contribution < -0.4 is 10.6 Å². The van der Waals surface area contributed by atoms with Gasteiger partial charge in [0.15, 0.2) is 10.9 Å². The van der Waals surface area contributed by atoms with Crippen molar-refractivity contribution in [1.82, 2.24) is 5.32 Å². The minimum Gasteiger partial charge on any atom is -0.508 e. The van der Waals surface area contributed by atoms with Gasteiger partial charge in [-0.15, -0.1) is 0 Å². The standard InChI is InChI=1S/C22H18N2O5S/c1-23-22(30)24-11-2-5-14(17(8-11)21(27)28)20-15-6-3-12(25)9-18(15)29-19-10-13(26)4-7-16(19)20/h2-10,15,18,25H,1H3,(H,27,28)(H2,23,24,30). The zero-order valence-corrected chi connectivity index (χ0v) is 16.7. The number of carboxylic acids is 1. The van der Waals surface area contributed by atoms with Crippen molar-refractivity contribution in [2.45, 2.75) is 6.10 Å². The second-order valence-electron chi connectivity index (χ2n) is 6.90. The van der Waals surface area contributed by atoms with Gasteiger partial charge < -0.3 is 25.6 Å². The van der Waals surface area contributed by atoms with Gasteiger partial charge >= 0.3 is 5.97 Å². The molecule has 0 saturated heterocycles. The largest absolute Gasteiger partial charge is 0.508 e.